The van der Waals surface area contributed by atoms with Crippen molar-refractivity contribution in [3.8, 4) is 5.69 Å². The maximum Gasteiger partial charge on any atom is 0.411 e. The lowest BCUT2D eigenvalue weighted by atomic mass is 9.99. The van der Waals surface area contributed by atoms with Crippen LogP contribution in [0.2, 0.25) is 0 Å². The summed E-state index contributed by atoms with van der Waals surface area (Å²) in [7, 11) is 2.97. The van der Waals surface area contributed by atoms with Gasteiger partial charge in [0.25, 0.3) is 0 Å². The number of nitrogens with one attached hydrogen (secondary N) is 2. The number of methoxy groups -OCH3 is 2. The van der Waals surface area contributed by atoms with Crippen LogP contribution in [0.4, 0.5) is 19.8 Å². The summed E-state index contributed by atoms with van der Waals surface area (Å²) in [5, 5.41) is 10.5. The van der Waals surface area contributed by atoms with Crippen molar-refractivity contribution in [3.05, 3.63) is 40.3 Å². The van der Waals surface area contributed by atoms with Crippen LogP contribution < -0.4 is 10.6 Å². The van der Waals surface area contributed by atoms with E-state index in [1.165, 1.54) is 14.2 Å². The van der Waals surface area contributed by atoms with Crippen molar-refractivity contribution in [2.45, 2.75) is 77.9 Å². The third-order valence-electron chi connectivity index (χ3n) is 6.72. The number of ether oxygens (including phenoxy) is 3. The van der Waals surface area contributed by atoms with E-state index in [0.717, 1.165) is 24.1 Å². The minimum Gasteiger partial charge on any atom is -0.444 e. The Morgan fingerprint density at radius 2 is 1.81 bits per heavy atom. The Morgan fingerprint density at radius 3 is 2.41 bits per heavy atom. The summed E-state index contributed by atoms with van der Waals surface area (Å²) in [6.45, 7) is 9.02. The zero-order chi connectivity index (χ0) is 27.1. The molecule has 2 aliphatic rings. The maximum absolute atomic E-state index is 14.4. The lowest BCUT2D eigenvalue weighted by Crippen LogP contribution is -2.44. The van der Waals surface area contributed by atoms with E-state index in [1.807, 2.05) is 20.8 Å². The Labute approximate surface area is 216 Å². The molecular formula is C26H36FN5O5. The summed E-state index contributed by atoms with van der Waals surface area (Å²) in [5.74, 6) is 0.149. The zero-order valence-electron chi connectivity index (χ0n) is 22.5. The summed E-state index contributed by atoms with van der Waals surface area (Å²) >= 11 is 0. The van der Waals surface area contributed by atoms with E-state index < -0.39 is 17.9 Å². The van der Waals surface area contributed by atoms with Crippen molar-refractivity contribution in [1.29, 1.82) is 0 Å². The molecule has 2 aromatic rings. The Kier molecular flexibility index (Phi) is 7.48. The van der Waals surface area contributed by atoms with Crippen LogP contribution in [0, 0.1) is 19.7 Å². The number of benzene rings is 1. The average molecular weight is 518 g/mol. The molecule has 2 bridgehead atoms. The van der Waals surface area contributed by atoms with Gasteiger partial charge in [-0.15, -0.1) is 0 Å². The standard InChI is InChI=1S/C26H36FN5O5/c1-14-10-17(11-15(2)22(14)27)32-23(29-24(33)28-13-20(35-6)36-7)21-18(30-32)12-16-8-9-19(21)31(16)25(34)37-26(3,4)5/h10-11,16,19-20H,8-9,12-13H2,1-7H3,(H2,28,29,33). The third kappa shape index (κ3) is 5.42. The summed E-state index contributed by atoms with van der Waals surface area (Å²) in [4.78, 5) is 27.9. The molecule has 4 rings (SSSR count). The molecule has 2 unspecified atom stereocenters. The molecule has 202 valence electrons. The molecule has 0 radical (unpaired) electrons. The van der Waals surface area contributed by atoms with Crippen LogP contribution in [0.1, 0.15) is 62.0 Å². The van der Waals surface area contributed by atoms with Gasteiger partial charge in [-0.1, -0.05) is 0 Å². The highest BCUT2D eigenvalue weighted by atomic mass is 19.1. The molecule has 2 aliphatic heterocycles. The minimum atomic E-state index is -0.635. The number of carbonyl (C=O) groups excluding carboxylic acids is 2. The number of hydrogen-bond donors (Lipinski definition) is 2. The number of amides is 3. The fourth-order valence-corrected chi connectivity index (χ4v) is 5.10. The normalized spacial score (nSPS) is 18.7. The van der Waals surface area contributed by atoms with Gasteiger partial charge < -0.3 is 19.5 Å². The van der Waals surface area contributed by atoms with Crippen molar-refractivity contribution in [2.75, 3.05) is 26.1 Å². The molecule has 10 nitrogen and oxygen atoms in total. The van der Waals surface area contributed by atoms with Crippen molar-refractivity contribution in [1.82, 2.24) is 20.0 Å². The van der Waals surface area contributed by atoms with Gasteiger partial charge in [-0.2, -0.15) is 5.10 Å². The molecule has 37 heavy (non-hydrogen) atoms. The lowest BCUT2D eigenvalue weighted by Gasteiger charge is -2.35. The van der Waals surface area contributed by atoms with E-state index >= 15 is 0 Å². The first kappa shape index (κ1) is 26.9. The van der Waals surface area contributed by atoms with Crippen molar-refractivity contribution in [3.63, 3.8) is 0 Å². The quantitative estimate of drug-likeness (QED) is 0.552. The largest absolute Gasteiger partial charge is 0.444 e. The number of carbonyl (C=O) groups is 2. The molecule has 11 heteroatoms. The van der Waals surface area contributed by atoms with Gasteiger partial charge in [0.15, 0.2) is 6.29 Å². The van der Waals surface area contributed by atoms with Gasteiger partial charge in [0.05, 0.1) is 24.0 Å². The van der Waals surface area contributed by atoms with Gasteiger partial charge in [0.2, 0.25) is 0 Å². The second kappa shape index (κ2) is 10.3. The highest BCUT2D eigenvalue weighted by Crippen LogP contribution is 2.47. The predicted octanol–water partition coefficient (Wildman–Crippen LogP) is 4.37. The number of nitrogens with zero attached hydrogens (tertiary/aromatic N) is 3. The highest BCUT2D eigenvalue weighted by molar-refractivity contribution is 5.90. The summed E-state index contributed by atoms with van der Waals surface area (Å²) in [6.07, 6.45) is 1.07. The number of hydrogen-bond acceptors (Lipinski definition) is 6. The Bertz CT molecular complexity index is 1160. The van der Waals surface area contributed by atoms with E-state index in [1.54, 1.807) is 35.6 Å². The van der Waals surface area contributed by atoms with Gasteiger partial charge in [-0.3, -0.25) is 10.2 Å². The van der Waals surface area contributed by atoms with Crippen LogP contribution >= 0.6 is 0 Å². The molecule has 1 aromatic carbocycles. The van der Waals surface area contributed by atoms with E-state index in [-0.39, 0.29) is 30.5 Å². The lowest BCUT2D eigenvalue weighted by molar-refractivity contribution is -0.0970. The van der Waals surface area contributed by atoms with Gasteiger partial charge in [-0.05, 0) is 70.7 Å². The van der Waals surface area contributed by atoms with Crippen LogP contribution in [0.3, 0.4) is 0 Å². The van der Waals surface area contributed by atoms with E-state index in [9.17, 15) is 14.0 Å². The number of aryl methyl sites for hydroxylation is 2. The molecule has 0 aliphatic carbocycles. The van der Waals surface area contributed by atoms with Crippen LogP contribution in [0.5, 0.6) is 0 Å². The van der Waals surface area contributed by atoms with Crippen LogP contribution in [0.15, 0.2) is 12.1 Å². The molecule has 1 saturated heterocycles. The van der Waals surface area contributed by atoms with Gasteiger partial charge in [0.1, 0.15) is 17.2 Å². The predicted molar refractivity (Wildman–Crippen MR) is 135 cm³/mol. The average Bonchev–Trinajstić information content (AvgIpc) is 3.33. The number of rotatable bonds is 6. The van der Waals surface area contributed by atoms with Crippen LogP contribution in [0.25, 0.3) is 5.69 Å². The maximum atomic E-state index is 14.4. The first-order chi connectivity index (χ1) is 17.4. The minimum absolute atomic E-state index is 0.0433. The molecule has 0 spiro atoms. The fourth-order valence-electron chi connectivity index (χ4n) is 5.10. The van der Waals surface area contributed by atoms with E-state index in [2.05, 4.69) is 10.6 Å². The Balaban J connectivity index is 1.75. The fraction of sp³-hybridized carbons (Fsp3) is 0.577. The molecule has 1 fully saturated rings. The second-order valence-corrected chi connectivity index (χ2v) is 10.6. The molecule has 2 N–H and O–H groups in total. The van der Waals surface area contributed by atoms with Crippen molar-refractivity contribution < 1.29 is 28.2 Å². The van der Waals surface area contributed by atoms with E-state index in [0.29, 0.717) is 29.1 Å². The molecule has 1 aromatic heterocycles. The van der Waals surface area contributed by atoms with Gasteiger partial charge in [-0.25, -0.2) is 18.7 Å². The highest BCUT2D eigenvalue weighted by Gasteiger charge is 2.47. The summed E-state index contributed by atoms with van der Waals surface area (Å²) < 4.78 is 32.1. The zero-order valence-corrected chi connectivity index (χ0v) is 22.5. The smallest absolute Gasteiger partial charge is 0.411 e. The topological polar surface area (TPSA) is 107 Å². The first-order valence-electron chi connectivity index (χ1n) is 12.4. The summed E-state index contributed by atoms with van der Waals surface area (Å²) in [6, 6.07) is 2.56. The SMILES string of the molecule is COC(CNC(=O)Nc1c2c(nn1-c1cc(C)c(F)c(C)c1)CC1CCC2N1C(=O)OC(C)(C)C)OC. The van der Waals surface area contributed by atoms with Crippen molar-refractivity contribution >= 4 is 17.9 Å². The molecular weight excluding hydrogens is 481 g/mol. The molecule has 2 atom stereocenters. The first-order valence-corrected chi connectivity index (χ1v) is 12.4. The molecule has 3 heterocycles. The number of urea groups is 1. The Morgan fingerprint density at radius 1 is 1.16 bits per heavy atom. The van der Waals surface area contributed by atoms with Gasteiger partial charge >= 0.3 is 12.1 Å². The van der Waals surface area contributed by atoms with Crippen molar-refractivity contribution in [2.24, 2.45) is 0 Å². The van der Waals surface area contributed by atoms with E-state index in [4.69, 9.17) is 19.3 Å². The second-order valence-electron chi connectivity index (χ2n) is 10.6. The molecule has 3 amide bonds. The molecule has 0 saturated carbocycles. The third-order valence-corrected chi connectivity index (χ3v) is 6.72. The number of aromatic nitrogens is 2. The Hall–Kier alpha value is -3.18. The van der Waals surface area contributed by atoms with Crippen LogP contribution in [-0.4, -0.2) is 65.5 Å². The summed E-state index contributed by atoms with van der Waals surface area (Å²) in [5.41, 5.74) is 2.49. The van der Waals surface area contributed by atoms with Crippen LogP contribution in [-0.2, 0) is 20.6 Å². The number of anilines is 1. The van der Waals surface area contributed by atoms with Gasteiger partial charge in [0, 0.05) is 32.2 Å². The monoisotopic (exact) mass is 517 g/mol. The number of halogens is 1. The number of fused-ring (bicyclic) bond motifs is 4.